The monoisotopic (exact) mass is 287 g/mol. The maximum atomic E-state index is 9.79. The summed E-state index contributed by atoms with van der Waals surface area (Å²) in [6.45, 7) is 1.82. The van der Waals surface area contributed by atoms with Crippen LogP contribution in [0.15, 0.2) is 24.3 Å². The molecule has 0 radical (unpaired) electrons. The number of aryl methyl sites for hydroxylation is 1. The summed E-state index contributed by atoms with van der Waals surface area (Å²) in [4.78, 5) is 4.23. The van der Waals surface area contributed by atoms with Gasteiger partial charge in [-0.3, -0.25) is 0 Å². The van der Waals surface area contributed by atoms with Crippen molar-refractivity contribution in [2.75, 3.05) is 0 Å². The number of aromatic nitrogens is 1. The zero-order valence-electron chi connectivity index (χ0n) is 8.84. The molecule has 0 unspecified atom stereocenters. The van der Waals surface area contributed by atoms with E-state index in [4.69, 9.17) is 34.8 Å². The van der Waals surface area contributed by atoms with E-state index in [2.05, 4.69) is 4.98 Å². The molecule has 0 saturated heterocycles. The molecule has 2 aromatic rings. The molecular formula is C12H8Cl3NO. The van der Waals surface area contributed by atoms with Crippen molar-refractivity contribution in [3.63, 3.8) is 0 Å². The molecule has 0 aliphatic rings. The fourth-order valence-corrected chi connectivity index (χ4v) is 2.50. The van der Waals surface area contributed by atoms with Crippen LogP contribution in [0.2, 0.25) is 15.1 Å². The highest BCUT2D eigenvalue weighted by atomic mass is 35.5. The number of halogens is 3. The molecule has 2 rings (SSSR count). The van der Waals surface area contributed by atoms with Gasteiger partial charge in [0.15, 0.2) is 0 Å². The van der Waals surface area contributed by atoms with Gasteiger partial charge >= 0.3 is 0 Å². The second-order valence-electron chi connectivity index (χ2n) is 3.56. The van der Waals surface area contributed by atoms with Crippen molar-refractivity contribution in [2.45, 2.75) is 6.92 Å². The van der Waals surface area contributed by atoms with Crippen LogP contribution in [0, 0.1) is 6.92 Å². The van der Waals surface area contributed by atoms with E-state index in [0.29, 0.717) is 26.3 Å². The first kappa shape index (κ1) is 12.5. The van der Waals surface area contributed by atoms with Crippen LogP contribution < -0.4 is 0 Å². The van der Waals surface area contributed by atoms with Gasteiger partial charge in [-0.15, -0.1) is 0 Å². The molecule has 1 heterocycles. The number of rotatable bonds is 1. The van der Waals surface area contributed by atoms with Crippen LogP contribution in [0.1, 0.15) is 5.69 Å². The Morgan fingerprint density at radius 2 is 1.65 bits per heavy atom. The van der Waals surface area contributed by atoms with Gasteiger partial charge in [-0.1, -0.05) is 34.8 Å². The standard InChI is InChI=1S/C12H8Cl3NO/c1-6-2-3-10(17)12(16-6)11-8(14)4-7(13)5-9(11)15/h2-5,17H,1H3. The Bertz CT molecular complexity index is 561. The van der Waals surface area contributed by atoms with Crippen molar-refractivity contribution in [3.05, 3.63) is 45.0 Å². The molecule has 0 bridgehead atoms. The Kier molecular flexibility index (Phi) is 3.48. The van der Waals surface area contributed by atoms with Gasteiger partial charge in [0.1, 0.15) is 11.4 Å². The summed E-state index contributed by atoms with van der Waals surface area (Å²) in [5, 5.41) is 10.9. The van der Waals surface area contributed by atoms with E-state index in [1.807, 2.05) is 6.92 Å². The number of aromatic hydroxyl groups is 1. The first-order valence-electron chi connectivity index (χ1n) is 4.80. The van der Waals surface area contributed by atoms with Crippen molar-refractivity contribution in [1.29, 1.82) is 0 Å². The van der Waals surface area contributed by atoms with E-state index in [0.717, 1.165) is 5.69 Å². The number of nitrogens with zero attached hydrogens (tertiary/aromatic N) is 1. The maximum Gasteiger partial charge on any atom is 0.141 e. The van der Waals surface area contributed by atoms with Gasteiger partial charge in [0, 0.05) is 16.3 Å². The Morgan fingerprint density at radius 1 is 1.06 bits per heavy atom. The van der Waals surface area contributed by atoms with Gasteiger partial charge in [0.2, 0.25) is 0 Å². The van der Waals surface area contributed by atoms with Crippen molar-refractivity contribution in [1.82, 2.24) is 4.98 Å². The molecule has 1 aromatic heterocycles. The number of hydrogen-bond donors (Lipinski definition) is 1. The summed E-state index contributed by atoms with van der Waals surface area (Å²) < 4.78 is 0. The zero-order valence-corrected chi connectivity index (χ0v) is 11.1. The van der Waals surface area contributed by atoms with Crippen molar-refractivity contribution >= 4 is 34.8 Å². The summed E-state index contributed by atoms with van der Waals surface area (Å²) in [6, 6.07) is 6.39. The van der Waals surface area contributed by atoms with Crippen LogP contribution in [-0.2, 0) is 0 Å². The predicted octanol–water partition coefficient (Wildman–Crippen LogP) is 4.72. The molecule has 0 atom stereocenters. The lowest BCUT2D eigenvalue weighted by Gasteiger charge is -2.09. The van der Waals surface area contributed by atoms with E-state index < -0.39 is 0 Å². The van der Waals surface area contributed by atoms with Crippen LogP contribution in [-0.4, -0.2) is 10.1 Å². The molecule has 1 N–H and O–H groups in total. The third-order valence-corrected chi connectivity index (χ3v) is 3.07. The Labute approximate surface area is 114 Å². The normalized spacial score (nSPS) is 10.6. The van der Waals surface area contributed by atoms with Gasteiger partial charge in [0.25, 0.3) is 0 Å². The first-order valence-corrected chi connectivity index (χ1v) is 5.94. The smallest absolute Gasteiger partial charge is 0.141 e. The minimum Gasteiger partial charge on any atom is -0.506 e. The minimum absolute atomic E-state index is 0.0294. The molecule has 0 amide bonds. The predicted molar refractivity (Wildman–Crippen MR) is 71.1 cm³/mol. The van der Waals surface area contributed by atoms with Crippen LogP contribution in [0.5, 0.6) is 5.75 Å². The molecule has 5 heteroatoms. The molecule has 0 aliphatic heterocycles. The second kappa shape index (κ2) is 4.73. The summed E-state index contributed by atoms with van der Waals surface area (Å²) >= 11 is 18.0. The maximum absolute atomic E-state index is 9.79. The molecular weight excluding hydrogens is 280 g/mol. The zero-order chi connectivity index (χ0) is 12.6. The highest BCUT2D eigenvalue weighted by Crippen LogP contribution is 2.39. The lowest BCUT2D eigenvalue weighted by atomic mass is 10.1. The number of benzene rings is 1. The van der Waals surface area contributed by atoms with Gasteiger partial charge < -0.3 is 5.11 Å². The summed E-state index contributed by atoms with van der Waals surface area (Å²) in [5.74, 6) is 0.0294. The second-order valence-corrected chi connectivity index (χ2v) is 4.82. The van der Waals surface area contributed by atoms with Crippen molar-refractivity contribution < 1.29 is 5.11 Å². The fraction of sp³-hybridized carbons (Fsp3) is 0.0833. The highest BCUT2D eigenvalue weighted by Gasteiger charge is 2.15. The molecule has 0 fully saturated rings. The summed E-state index contributed by atoms with van der Waals surface area (Å²) in [6.07, 6.45) is 0. The van der Waals surface area contributed by atoms with Gasteiger partial charge in [-0.2, -0.15) is 0 Å². The average molecular weight is 289 g/mol. The van der Waals surface area contributed by atoms with Gasteiger partial charge in [-0.05, 0) is 31.2 Å². The van der Waals surface area contributed by atoms with Gasteiger partial charge in [0.05, 0.1) is 10.0 Å². The quantitative estimate of drug-likeness (QED) is 0.823. The summed E-state index contributed by atoms with van der Waals surface area (Å²) in [5.41, 5.74) is 1.61. The van der Waals surface area contributed by atoms with Gasteiger partial charge in [-0.25, -0.2) is 4.98 Å². The fourth-order valence-electron chi connectivity index (χ4n) is 1.50. The molecule has 17 heavy (non-hydrogen) atoms. The Morgan fingerprint density at radius 3 is 2.24 bits per heavy atom. The summed E-state index contributed by atoms with van der Waals surface area (Å²) in [7, 11) is 0. The molecule has 88 valence electrons. The minimum atomic E-state index is 0.0294. The van der Waals surface area contributed by atoms with Crippen LogP contribution in [0.25, 0.3) is 11.3 Å². The molecule has 0 saturated carbocycles. The molecule has 0 spiro atoms. The number of pyridine rings is 1. The van der Waals surface area contributed by atoms with Crippen molar-refractivity contribution in [3.8, 4) is 17.0 Å². The molecule has 0 aliphatic carbocycles. The molecule has 2 nitrogen and oxygen atoms in total. The van der Waals surface area contributed by atoms with Crippen LogP contribution in [0.4, 0.5) is 0 Å². The topological polar surface area (TPSA) is 33.1 Å². The third-order valence-electron chi connectivity index (χ3n) is 2.26. The van der Waals surface area contributed by atoms with Crippen molar-refractivity contribution in [2.24, 2.45) is 0 Å². The van der Waals surface area contributed by atoms with E-state index in [1.165, 1.54) is 0 Å². The lowest BCUT2D eigenvalue weighted by Crippen LogP contribution is -1.90. The van der Waals surface area contributed by atoms with E-state index in [9.17, 15) is 5.11 Å². The highest BCUT2D eigenvalue weighted by molar-refractivity contribution is 6.41. The lowest BCUT2D eigenvalue weighted by molar-refractivity contribution is 0.474. The third kappa shape index (κ3) is 2.49. The first-order chi connectivity index (χ1) is 7.99. The number of hydrogen-bond acceptors (Lipinski definition) is 2. The average Bonchev–Trinajstić information content (AvgIpc) is 2.21. The SMILES string of the molecule is Cc1ccc(O)c(-c2c(Cl)cc(Cl)cc2Cl)n1. The van der Waals surface area contributed by atoms with E-state index in [1.54, 1.807) is 24.3 Å². The molecule has 1 aromatic carbocycles. The Balaban J connectivity index is 2.72. The largest absolute Gasteiger partial charge is 0.506 e. The van der Waals surface area contributed by atoms with Crippen LogP contribution >= 0.6 is 34.8 Å². The van der Waals surface area contributed by atoms with E-state index >= 15 is 0 Å². The van der Waals surface area contributed by atoms with Crippen LogP contribution in [0.3, 0.4) is 0 Å². The Hall–Kier alpha value is -0.960. The van der Waals surface area contributed by atoms with E-state index in [-0.39, 0.29) is 5.75 Å².